The van der Waals surface area contributed by atoms with Crippen molar-refractivity contribution in [2.45, 2.75) is 52.0 Å². The molecule has 0 spiro atoms. The fourth-order valence-corrected chi connectivity index (χ4v) is 4.44. The number of anilines is 1. The Morgan fingerprint density at radius 2 is 1.93 bits per heavy atom. The topological polar surface area (TPSA) is 58.6 Å². The van der Waals surface area contributed by atoms with Crippen molar-refractivity contribution in [3.05, 3.63) is 42.0 Å². The summed E-state index contributed by atoms with van der Waals surface area (Å²) in [5, 5.41) is 0. The molecule has 1 aromatic carbocycles. The van der Waals surface area contributed by atoms with Gasteiger partial charge < -0.3 is 14.5 Å². The average Bonchev–Trinajstić information content (AvgIpc) is 2.76. The number of benzene rings is 1. The molecule has 0 N–H and O–H groups in total. The average molecular weight is 413 g/mol. The number of ether oxygens (including phenoxy) is 1. The highest BCUT2D eigenvalue weighted by molar-refractivity contribution is 5.79. The van der Waals surface area contributed by atoms with Crippen molar-refractivity contribution in [1.82, 2.24) is 14.9 Å². The number of halogens is 1. The Labute approximate surface area is 177 Å². The minimum absolute atomic E-state index is 0.113. The summed E-state index contributed by atoms with van der Waals surface area (Å²) >= 11 is 0. The standard InChI is InChI=1S/C23H29FN4O2/c1-16-8-9-19(24)20(12-16)30-22-13-21(25-15-26-22)27-10-11-28(17(2)14-27)23(29)18-6-4-3-5-7-18/h8-9,12-13,15,17-18H,3-7,10-11,14H2,1-2H3/t17-/m0/s1. The zero-order chi connectivity index (χ0) is 21.1. The Morgan fingerprint density at radius 3 is 2.70 bits per heavy atom. The van der Waals surface area contributed by atoms with Gasteiger partial charge in [-0.3, -0.25) is 4.79 Å². The molecular formula is C23H29FN4O2. The molecule has 2 aliphatic rings. The van der Waals surface area contributed by atoms with Crippen LogP contribution >= 0.6 is 0 Å². The van der Waals surface area contributed by atoms with E-state index in [4.69, 9.17) is 4.74 Å². The number of carbonyl (C=O) groups is 1. The van der Waals surface area contributed by atoms with Crippen LogP contribution in [-0.2, 0) is 4.79 Å². The molecule has 160 valence electrons. The maximum atomic E-state index is 14.0. The molecule has 1 saturated heterocycles. The zero-order valence-electron chi connectivity index (χ0n) is 17.7. The molecule has 6 nitrogen and oxygen atoms in total. The first-order valence-corrected chi connectivity index (χ1v) is 10.8. The molecule has 0 bridgehead atoms. The van der Waals surface area contributed by atoms with Crippen molar-refractivity contribution < 1.29 is 13.9 Å². The SMILES string of the molecule is Cc1ccc(F)c(Oc2cc(N3CCN(C(=O)C4CCCCC4)[C@@H](C)C3)ncn2)c1. The number of piperazine rings is 1. The van der Waals surface area contributed by atoms with Crippen LogP contribution in [0.2, 0.25) is 0 Å². The van der Waals surface area contributed by atoms with Gasteiger partial charge in [0.25, 0.3) is 0 Å². The highest BCUT2D eigenvalue weighted by Gasteiger charge is 2.32. The summed E-state index contributed by atoms with van der Waals surface area (Å²) in [6, 6.07) is 6.57. The van der Waals surface area contributed by atoms with Crippen LogP contribution < -0.4 is 9.64 Å². The summed E-state index contributed by atoms with van der Waals surface area (Å²) < 4.78 is 19.7. The second-order valence-electron chi connectivity index (χ2n) is 8.41. The van der Waals surface area contributed by atoms with Gasteiger partial charge in [-0.05, 0) is 44.4 Å². The molecule has 2 fully saturated rings. The van der Waals surface area contributed by atoms with Gasteiger partial charge in [0, 0.05) is 37.7 Å². The van der Waals surface area contributed by atoms with E-state index in [1.54, 1.807) is 18.2 Å². The first-order valence-electron chi connectivity index (χ1n) is 10.8. The molecule has 2 aromatic rings. The van der Waals surface area contributed by atoms with Gasteiger partial charge in [0.05, 0.1) is 0 Å². The summed E-state index contributed by atoms with van der Waals surface area (Å²) in [6.45, 7) is 6.07. The van der Waals surface area contributed by atoms with Gasteiger partial charge in [-0.15, -0.1) is 0 Å². The minimum Gasteiger partial charge on any atom is -0.436 e. The number of nitrogens with zero attached hydrogens (tertiary/aromatic N) is 4. The minimum atomic E-state index is -0.427. The largest absolute Gasteiger partial charge is 0.436 e. The van der Waals surface area contributed by atoms with Crippen LogP contribution in [0.4, 0.5) is 10.2 Å². The number of aryl methyl sites for hydroxylation is 1. The van der Waals surface area contributed by atoms with Gasteiger partial charge in [-0.2, -0.15) is 0 Å². The predicted octanol–water partition coefficient (Wildman–Crippen LogP) is 4.33. The fourth-order valence-electron chi connectivity index (χ4n) is 4.44. The van der Waals surface area contributed by atoms with E-state index in [0.717, 1.165) is 37.1 Å². The third-order valence-electron chi connectivity index (χ3n) is 6.12. The van der Waals surface area contributed by atoms with Gasteiger partial charge in [0.1, 0.15) is 12.1 Å². The van der Waals surface area contributed by atoms with Crippen molar-refractivity contribution in [2.24, 2.45) is 5.92 Å². The number of hydrogen-bond donors (Lipinski definition) is 0. The predicted molar refractivity (Wildman–Crippen MR) is 113 cm³/mol. The second-order valence-corrected chi connectivity index (χ2v) is 8.41. The third kappa shape index (κ3) is 4.55. The van der Waals surface area contributed by atoms with Crippen molar-refractivity contribution in [1.29, 1.82) is 0 Å². The first kappa shape index (κ1) is 20.6. The summed E-state index contributed by atoms with van der Waals surface area (Å²) in [5.74, 6) is 1.25. The fraction of sp³-hybridized carbons (Fsp3) is 0.522. The number of aromatic nitrogens is 2. The summed E-state index contributed by atoms with van der Waals surface area (Å²) in [5.41, 5.74) is 0.910. The summed E-state index contributed by atoms with van der Waals surface area (Å²) in [7, 11) is 0. The van der Waals surface area contributed by atoms with Gasteiger partial charge >= 0.3 is 0 Å². The number of hydrogen-bond acceptors (Lipinski definition) is 5. The molecule has 30 heavy (non-hydrogen) atoms. The van der Waals surface area contributed by atoms with Gasteiger partial charge in [-0.1, -0.05) is 25.3 Å². The molecule has 1 aliphatic heterocycles. The van der Waals surface area contributed by atoms with Crippen LogP contribution in [0.3, 0.4) is 0 Å². The van der Waals surface area contributed by atoms with E-state index in [-0.39, 0.29) is 17.7 Å². The van der Waals surface area contributed by atoms with Crippen molar-refractivity contribution >= 4 is 11.7 Å². The van der Waals surface area contributed by atoms with E-state index in [1.807, 2.05) is 11.8 Å². The molecule has 4 rings (SSSR count). The number of amides is 1. The number of carbonyl (C=O) groups excluding carboxylic acids is 1. The molecule has 1 saturated carbocycles. The molecule has 1 atom stereocenters. The molecule has 1 aromatic heterocycles. The lowest BCUT2D eigenvalue weighted by Crippen LogP contribution is -2.55. The lowest BCUT2D eigenvalue weighted by atomic mass is 9.88. The van der Waals surface area contributed by atoms with E-state index in [0.29, 0.717) is 31.4 Å². The molecular weight excluding hydrogens is 383 g/mol. The van der Waals surface area contributed by atoms with Crippen molar-refractivity contribution in [3.8, 4) is 11.6 Å². The van der Waals surface area contributed by atoms with Crippen molar-refractivity contribution in [3.63, 3.8) is 0 Å². The second kappa shape index (κ2) is 8.98. The molecule has 7 heteroatoms. The molecule has 2 heterocycles. The molecule has 0 unspecified atom stereocenters. The van der Waals surface area contributed by atoms with Crippen LogP contribution in [0.5, 0.6) is 11.6 Å². The summed E-state index contributed by atoms with van der Waals surface area (Å²) in [4.78, 5) is 25.6. The quantitative estimate of drug-likeness (QED) is 0.748. The highest BCUT2D eigenvalue weighted by Crippen LogP contribution is 2.29. The van der Waals surface area contributed by atoms with Crippen LogP contribution in [-0.4, -0.2) is 46.5 Å². The Bertz CT molecular complexity index is 901. The van der Waals surface area contributed by atoms with Crippen LogP contribution in [0, 0.1) is 18.7 Å². The highest BCUT2D eigenvalue weighted by atomic mass is 19.1. The monoisotopic (exact) mass is 412 g/mol. The Balaban J connectivity index is 1.42. The van der Waals surface area contributed by atoms with E-state index in [2.05, 4.69) is 21.8 Å². The van der Waals surface area contributed by atoms with Gasteiger partial charge in [0.15, 0.2) is 11.6 Å². The number of rotatable bonds is 4. The maximum absolute atomic E-state index is 14.0. The van der Waals surface area contributed by atoms with Gasteiger partial charge in [0.2, 0.25) is 11.8 Å². The Morgan fingerprint density at radius 1 is 1.13 bits per heavy atom. The normalized spacial score (nSPS) is 20.3. The van der Waals surface area contributed by atoms with Gasteiger partial charge in [-0.25, -0.2) is 14.4 Å². The molecule has 1 aliphatic carbocycles. The maximum Gasteiger partial charge on any atom is 0.226 e. The lowest BCUT2D eigenvalue weighted by Gasteiger charge is -2.42. The zero-order valence-corrected chi connectivity index (χ0v) is 17.7. The van der Waals surface area contributed by atoms with E-state index in [1.165, 1.54) is 18.8 Å². The lowest BCUT2D eigenvalue weighted by molar-refractivity contribution is -0.139. The molecule has 1 amide bonds. The molecule has 0 radical (unpaired) electrons. The Kier molecular flexibility index (Phi) is 6.16. The van der Waals surface area contributed by atoms with Crippen LogP contribution in [0.1, 0.15) is 44.6 Å². The third-order valence-corrected chi connectivity index (χ3v) is 6.12. The Hall–Kier alpha value is -2.70. The van der Waals surface area contributed by atoms with E-state index < -0.39 is 5.82 Å². The van der Waals surface area contributed by atoms with Crippen LogP contribution in [0.15, 0.2) is 30.6 Å². The first-order chi connectivity index (χ1) is 14.5. The smallest absolute Gasteiger partial charge is 0.226 e. The van der Waals surface area contributed by atoms with E-state index in [9.17, 15) is 9.18 Å². The summed E-state index contributed by atoms with van der Waals surface area (Å²) in [6.07, 6.45) is 7.05. The van der Waals surface area contributed by atoms with E-state index >= 15 is 0 Å². The van der Waals surface area contributed by atoms with Crippen molar-refractivity contribution in [2.75, 3.05) is 24.5 Å². The van der Waals surface area contributed by atoms with Crippen LogP contribution in [0.25, 0.3) is 0 Å².